The Morgan fingerprint density at radius 3 is 2.38 bits per heavy atom. The normalized spacial score (nSPS) is 10.4. The van der Waals surface area contributed by atoms with E-state index in [0.29, 0.717) is 11.4 Å². The summed E-state index contributed by atoms with van der Waals surface area (Å²) in [5, 5.41) is 5.82. The largest absolute Gasteiger partial charge is 0.325 e. The van der Waals surface area contributed by atoms with Crippen LogP contribution in [0.15, 0.2) is 53.4 Å². The van der Waals surface area contributed by atoms with E-state index >= 15 is 0 Å². The van der Waals surface area contributed by atoms with Gasteiger partial charge in [-0.05, 0) is 49.0 Å². The van der Waals surface area contributed by atoms with Crippen LogP contribution in [0.5, 0.6) is 0 Å². The fourth-order valence-electron chi connectivity index (χ4n) is 1.79. The Morgan fingerprint density at radius 1 is 1.10 bits per heavy atom. The van der Waals surface area contributed by atoms with Gasteiger partial charge >= 0.3 is 0 Å². The molecule has 0 bridgehead atoms. The summed E-state index contributed by atoms with van der Waals surface area (Å²) in [5.41, 5.74) is 1.81. The lowest BCUT2D eigenvalue weighted by Gasteiger charge is -2.06. The topological polar surface area (TPSA) is 41.1 Å². The third kappa shape index (κ3) is 5.21. The Labute approximate surface area is 127 Å². The lowest BCUT2D eigenvalue weighted by Crippen LogP contribution is -2.13. The monoisotopic (exact) mass is 304 g/mol. The van der Waals surface area contributed by atoms with E-state index in [-0.39, 0.29) is 11.7 Å². The van der Waals surface area contributed by atoms with Crippen molar-refractivity contribution in [3.05, 3.63) is 59.9 Å². The number of rotatable bonds is 6. The van der Waals surface area contributed by atoms with E-state index in [1.54, 1.807) is 12.1 Å². The number of anilines is 1. The van der Waals surface area contributed by atoms with Gasteiger partial charge in [0.1, 0.15) is 5.82 Å². The number of amides is 1. The van der Waals surface area contributed by atoms with E-state index in [1.807, 2.05) is 31.3 Å². The first-order chi connectivity index (χ1) is 10.2. The van der Waals surface area contributed by atoms with Crippen molar-refractivity contribution in [2.75, 3.05) is 18.1 Å². The van der Waals surface area contributed by atoms with Gasteiger partial charge < -0.3 is 10.6 Å². The molecule has 2 aromatic rings. The van der Waals surface area contributed by atoms with Crippen LogP contribution in [0.1, 0.15) is 5.56 Å². The van der Waals surface area contributed by atoms with Crippen molar-refractivity contribution in [2.45, 2.75) is 11.4 Å². The molecule has 0 saturated carbocycles. The van der Waals surface area contributed by atoms with Crippen LogP contribution in [0.4, 0.5) is 10.1 Å². The summed E-state index contributed by atoms with van der Waals surface area (Å²) in [5.74, 6) is -0.0992. The van der Waals surface area contributed by atoms with E-state index in [1.165, 1.54) is 29.5 Å². The van der Waals surface area contributed by atoms with E-state index in [9.17, 15) is 9.18 Å². The van der Waals surface area contributed by atoms with Gasteiger partial charge in [0.2, 0.25) is 5.91 Å². The number of benzene rings is 2. The van der Waals surface area contributed by atoms with Gasteiger partial charge in [-0.1, -0.05) is 12.1 Å². The van der Waals surface area contributed by atoms with Gasteiger partial charge in [0, 0.05) is 17.1 Å². The van der Waals surface area contributed by atoms with E-state index in [2.05, 4.69) is 10.6 Å². The van der Waals surface area contributed by atoms with Crippen molar-refractivity contribution >= 4 is 23.4 Å². The maximum atomic E-state index is 12.8. The molecule has 0 heterocycles. The van der Waals surface area contributed by atoms with E-state index < -0.39 is 0 Å². The SMILES string of the molecule is CNCc1ccc(SCC(=O)Nc2ccc(F)cc2)cc1. The quantitative estimate of drug-likeness (QED) is 0.805. The standard InChI is InChI=1S/C16H17FN2OS/c1-18-10-12-2-8-15(9-3-12)21-11-16(20)19-14-6-4-13(17)5-7-14/h2-9,18H,10-11H2,1H3,(H,19,20). The molecule has 1 amide bonds. The Hall–Kier alpha value is -1.85. The fourth-order valence-corrected chi connectivity index (χ4v) is 2.49. The van der Waals surface area contributed by atoms with Crippen LogP contribution in [0.25, 0.3) is 0 Å². The van der Waals surface area contributed by atoms with Crippen LogP contribution in [-0.2, 0) is 11.3 Å². The second-order valence-electron chi connectivity index (χ2n) is 4.52. The third-order valence-electron chi connectivity index (χ3n) is 2.80. The average Bonchev–Trinajstić information content (AvgIpc) is 2.49. The molecule has 21 heavy (non-hydrogen) atoms. The molecule has 2 aromatic carbocycles. The van der Waals surface area contributed by atoms with Crippen LogP contribution >= 0.6 is 11.8 Å². The van der Waals surface area contributed by atoms with Crippen LogP contribution in [0.2, 0.25) is 0 Å². The summed E-state index contributed by atoms with van der Waals surface area (Å²) in [4.78, 5) is 12.8. The lowest BCUT2D eigenvalue weighted by atomic mass is 10.2. The van der Waals surface area contributed by atoms with Gasteiger partial charge in [-0.2, -0.15) is 0 Å². The molecule has 110 valence electrons. The molecule has 0 fully saturated rings. The number of thioether (sulfide) groups is 1. The molecule has 0 spiro atoms. The molecule has 0 atom stereocenters. The molecule has 0 aliphatic carbocycles. The van der Waals surface area contributed by atoms with Gasteiger partial charge in [0.15, 0.2) is 0 Å². The minimum absolute atomic E-state index is 0.106. The van der Waals surface area contributed by atoms with Gasteiger partial charge in [-0.15, -0.1) is 11.8 Å². The molecule has 2 N–H and O–H groups in total. The third-order valence-corrected chi connectivity index (χ3v) is 3.81. The Balaban J connectivity index is 1.81. The van der Waals surface area contributed by atoms with E-state index in [0.717, 1.165) is 11.4 Å². The molecule has 0 aliphatic heterocycles. The van der Waals surface area contributed by atoms with Crippen molar-refractivity contribution in [3.8, 4) is 0 Å². The number of hydrogen-bond acceptors (Lipinski definition) is 3. The maximum Gasteiger partial charge on any atom is 0.234 e. The molecule has 3 nitrogen and oxygen atoms in total. The minimum atomic E-state index is -0.316. The van der Waals surface area contributed by atoms with Gasteiger partial charge in [0.05, 0.1) is 5.75 Å². The number of nitrogens with one attached hydrogen (secondary N) is 2. The highest BCUT2D eigenvalue weighted by molar-refractivity contribution is 8.00. The zero-order chi connectivity index (χ0) is 15.1. The Bertz CT molecular complexity index is 584. The van der Waals surface area contributed by atoms with Crippen LogP contribution in [-0.4, -0.2) is 18.7 Å². The second-order valence-corrected chi connectivity index (χ2v) is 5.57. The molecule has 0 aliphatic rings. The second kappa shape index (κ2) is 7.81. The summed E-state index contributed by atoms with van der Waals surface area (Å²) in [6, 6.07) is 13.8. The predicted octanol–water partition coefficient (Wildman–Crippen LogP) is 3.28. The minimum Gasteiger partial charge on any atom is -0.325 e. The van der Waals surface area contributed by atoms with Gasteiger partial charge in [-0.3, -0.25) is 4.79 Å². The molecular formula is C16H17FN2OS. The maximum absolute atomic E-state index is 12.8. The highest BCUT2D eigenvalue weighted by atomic mass is 32.2. The highest BCUT2D eigenvalue weighted by Gasteiger charge is 2.04. The van der Waals surface area contributed by atoms with Crippen LogP contribution in [0, 0.1) is 5.82 Å². The van der Waals surface area contributed by atoms with Crippen LogP contribution < -0.4 is 10.6 Å². The first-order valence-corrected chi connectivity index (χ1v) is 7.57. The van der Waals surface area contributed by atoms with Crippen molar-refractivity contribution in [1.29, 1.82) is 0 Å². The summed E-state index contributed by atoms with van der Waals surface area (Å²) in [7, 11) is 1.91. The van der Waals surface area contributed by atoms with Crippen LogP contribution in [0.3, 0.4) is 0 Å². The summed E-state index contributed by atoms with van der Waals surface area (Å²) >= 11 is 1.47. The lowest BCUT2D eigenvalue weighted by molar-refractivity contribution is -0.113. The first-order valence-electron chi connectivity index (χ1n) is 6.59. The smallest absolute Gasteiger partial charge is 0.234 e. The molecule has 2 rings (SSSR count). The predicted molar refractivity (Wildman–Crippen MR) is 85.0 cm³/mol. The summed E-state index contributed by atoms with van der Waals surface area (Å²) in [6.07, 6.45) is 0. The zero-order valence-electron chi connectivity index (χ0n) is 11.7. The number of carbonyl (C=O) groups is 1. The first kappa shape index (κ1) is 15.5. The fraction of sp³-hybridized carbons (Fsp3) is 0.188. The number of hydrogen-bond donors (Lipinski definition) is 2. The van der Waals surface area contributed by atoms with Gasteiger partial charge in [-0.25, -0.2) is 4.39 Å². The molecule has 0 aromatic heterocycles. The number of carbonyl (C=O) groups excluding carboxylic acids is 1. The average molecular weight is 304 g/mol. The summed E-state index contributed by atoms with van der Waals surface area (Å²) in [6.45, 7) is 0.829. The summed E-state index contributed by atoms with van der Waals surface area (Å²) < 4.78 is 12.8. The van der Waals surface area contributed by atoms with Crippen molar-refractivity contribution in [1.82, 2.24) is 5.32 Å². The van der Waals surface area contributed by atoms with Crippen molar-refractivity contribution in [2.24, 2.45) is 0 Å². The van der Waals surface area contributed by atoms with Gasteiger partial charge in [0.25, 0.3) is 0 Å². The Morgan fingerprint density at radius 2 is 1.76 bits per heavy atom. The molecule has 5 heteroatoms. The Kier molecular flexibility index (Phi) is 5.78. The highest BCUT2D eigenvalue weighted by Crippen LogP contribution is 2.19. The zero-order valence-corrected chi connectivity index (χ0v) is 12.5. The van der Waals surface area contributed by atoms with Crippen molar-refractivity contribution < 1.29 is 9.18 Å². The molecule has 0 unspecified atom stereocenters. The molecule has 0 saturated heterocycles. The number of halogens is 1. The van der Waals surface area contributed by atoms with E-state index in [4.69, 9.17) is 0 Å². The molecule has 0 radical (unpaired) electrons. The van der Waals surface area contributed by atoms with Crippen molar-refractivity contribution in [3.63, 3.8) is 0 Å². The molecular weight excluding hydrogens is 287 g/mol.